The van der Waals surface area contributed by atoms with Gasteiger partial charge in [0.25, 0.3) is 0 Å². The van der Waals surface area contributed by atoms with Crippen molar-refractivity contribution in [3.63, 3.8) is 0 Å². The molecule has 3 nitrogen and oxygen atoms in total. The Morgan fingerprint density at radius 1 is 1.17 bits per heavy atom. The number of carbonyl (C=O) groups is 1. The summed E-state index contributed by atoms with van der Waals surface area (Å²) in [6.07, 6.45) is -10.2. The second kappa shape index (κ2) is 4.46. The maximum absolute atomic E-state index is 12.6. The van der Waals surface area contributed by atoms with E-state index in [2.05, 4.69) is 9.72 Å². The number of hydrogen-bond acceptors (Lipinski definition) is 3. The van der Waals surface area contributed by atoms with Crippen molar-refractivity contribution in [2.45, 2.75) is 12.4 Å². The van der Waals surface area contributed by atoms with Gasteiger partial charge in [-0.25, -0.2) is 9.78 Å². The highest BCUT2D eigenvalue weighted by atomic mass is 19.4. The van der Waals surface area contributed by atoms with Gasteiger partial charge in [0.05, 0.1) is 12.7 Å². The number of alkyl halides is 6. The number of aromatic nitrogens is 1. The van der Waals surface area contributed by atoms with E-state index >= 15 is 0 Å². The van der Waals surface area contributed by atoms with Gasteiger partial charge in [0.15, 0.2) is 5.69 Å². The lowest BCUT2D eigenvalue weighted by atomic mass is 10.1. The molecule has 0 unspecified atom stereocenters. The Kier molecular flexibility index (Phi) is 3.54. The molecule has 0 saturated heterocycles. The first-order valence-corrected chi connectivity index (χ1v) is 4.30. The molecule has 0 aromatic carbocycles. The summed E-state index contributed by atoms with van der Waals surface area (Å²) in [6, 6.07) is 0.148. The monoisotopic (exact) mass is 273 g/mol. The normalized spacial score (nSPS) is 12.4. The Balaban J connectivity index is 3.61. The molecule has 1 heterocycles. The lowest BCUT2D eigenvalue weighted by Gasteiger charge is -2.16. The number of rotatable bonds is 1. The summed E-state index contributed by atoms with van der Waals surface area (Å²) in [5.41, 5.74) is -5.55. The summed E-state index contributed by atoms with van der Waals surface area (Å²) in [7, 11) is 0.741. The summed E-state index contributed by atoms with van der Waals surface area (Å²) in [5.74, 6) is -1.59. The number of esters is 1. The van der Waals surface area contributed by atoms with Crippen LogP contribution in [0, 0.1) is 0 Å². The third kappa shape index (κ3) is 2.71. The van der Waals surface area contributed by atoms with E-state index < -0.39 is 35.1 Å². The quantitative estimate of drug-likeness (QED) is 0.583. The van der Waals surface area contributed by atoms with Gasteiger partial charge in [0, 0.05) is 6.20 Å². The number of halogens is 6. The zero-order valence-corrected chi connectivity index (χ0v) is 8.69. The van der Waals surface area contributed by atoms with Crippen molar-refractivity contribution in [3.05, 3.63) is 29.1 Å². The van der Waals surface area contributed by atoms with Gasteiger partial charge in [-0.05, 0) is 6.07 Å². The lowest BCUT2D eigenvalue weighted by molar-refractivity contribution is -0.162. The molecule has 0 radical (unpaired) electrons. The molecule has 100 valence electrons. The summed E-state index contributed by atoms with van der Waals surface area (Å²) >= 11 is 0. The molecule has 9 heteroatoms. The summed E-state index contributed by atoms with van der Waals surface area (Å²) in [5, 5.41) is 0. The van der Waals surface area contributed by atoms with E-state index in [1.807, 2.05) is 0 Å². The molecule has 0 atom stereocenters. The van der Waals surface area contributed by atoms with Crippen molar-refractivity contribution >= 4 is 5.97 Å². The third-order valence-corrected chi connectivity index (χ3v) is 1.92. The van der Waals surface area contributed by atoms with Crippen molar-refractivity contribution in [2.75, 3.05) is 7.11 Å². The van der Waals surface area contributed by atoms with Crippen LogP contribution in [0.3, 0.4) is 0 Å². The van der Waals surface area contributed by atoms with Gasteiger partial charge in [0.1, 0.15) is 5.56 Å². The van der Waals surface area contributed by atoms with Crippen LogP contribution in [0.15, 0.2) is 12.3 Å². The minimum absolute atomic E-state index is 0.148. The topological polar surface area (TPSA) is 39.2 Å². The Morgan fingerprint density at radius 2 is 1.72 bits per heavy atom. The summed E-state index contributed by atoms with van der Waals surface area (Å²) in [6.45, 7) is 0. The van der Waals surface area contributed by atoms with Crippen LogP contribution in [-0.2, 0) is 17.1 Å². The minimum Gasteiger partial charge on any atom is -0.464 e. The molecule has 1 aromatic rings. The van der Waals surface area contributed by atoms with Crippen molar-refractivity contribution < 1.29 is 35.9 Å². The summed E-state index contributed by atoms with van der Waals surface area (Å²) < 4.78 is 79.1. The Morgan fingerprint density at radius 3 is 2.11 bits per heavy atom. The van der Waals surface area contributed by atoms with E-state index in [-0.39, 0.29) is 6.07 Å². The molecule has 0 amide bonds. The molecule has 0 fully saturated rings. The molecule has 0 bridgehead atoms. The van der Waals surface area contributed by atoms with E-state index in [0.29, 0.717) is 6.20 Å². The highest BCUT2D eigenvalue weighted by molar-refractivity contribution is 5.89. The molecular weight excluding hydrogens is 268 g/mol. The molecule has 0 saturated carbocycles. The predicted octanol–water partition coefficient (Wildman–Crippen LogP) is 2.91. The molecule has 0 aliphatic carbocycles. The van der Waals surface area contributed by atoms with Crippen molar-refractivity contribution in [1.82, 2.24) is 4.98 Å². The number of hydrogen-bond donors (Lipinski definition) is 0. The molecule has 1 aromatic heterocycles. The number of nitrogens with zero attached hydrogens (tertiary/aromatic N) is 1. The molecule has 0 aliphatic heterocycles. The van der Waals surface area contributed by atoms with Crippen LogP contribution >= 0.6 is 0 Å². The Bertz CT molecular complexity index is 465. The first-order chi connectivity index (χ1) is 8.09. The Labute approximate surface area is 96.4 Å². The van der Waals surface area contributed by atoms with Crippen LogP contribution in [0.4, 0.5) is 26.3 Å². The third-order valence-electron chi connectivity index (χ3n) is 1.92. The highest BCUT2D eigenvalue weighted by Crippen LogP contribution is 2.41. The number of methoxy groups -OCH3 is 1. The fourth-order valence-electron chi connectivity index (χ4n) is 1.24. The SMILES string of the molecule is COC(=O)c1nccc(C(F)(F)F)c1C(F)(F)F. The molecule has 1 rings (SSSR count). The average Bonchev–Trinajstić information content (AvgIpc) is 2.24. The van der Waals surface area contributed by atoms with Crippen LogP contribution in [0.2, 0.25) is 0 Å². The first kappa shape index (κ1) is 14.3. The van der Waals surface area contributed by atoms with Gasteiger partial charge >= 0.3 is 18.3 Å². The molecule has 0 N–H and O–H groups in total. The standard InChI is InChI=1S/C9H5F6NO2/c1-18-7(17)6-5(9(13,14)15)4(2-3-16-6)8(10,11)12/h2-3H,1H3. The predicted molar refractivity (Wildman–Crippen MR) is 45.6 cm³/mol. The Hall–Kier alpha value is -1.80. The minimum atomic E-state index is -5.37. The van der Waals surface area contributed by atoms with Crippen molar-refractivity contribution in [1.29, 1.82) is 0 Å². The van der Waals surface area contributed by atoms with Crippen LogP contribution < -0.4 is 0 Å². The molecule has 0 aliphatic rings. The van der Waals surface area contributed by atoms with Gasteiger partial charge < -0.3 is 4.74 Å². The van der Waals surface area contributed by atoms with Crippen LogP contribution in [0.5, 0.6) is 0 Å². The highest BCUT2D eigenvalue weighted by Gasteiger charge is 2.46. The fourth-order valence-corrected chi connectivity index (χ4v) is 1.24. The largest absolute Gasteiger partial charge is 0.464 e. The van der Waals surface area contributed by atoms with Gasteiger partial charge in [-0.1, -0.05) is 0 Å². The van der Waals surface area contributed by atoms with Gasteiger partial charge in [-0.2, -0.15) is 26.3 Å². The average molecular weight is 273 g/mol. The van der Waals surface area contributed by atoms with Crippen LogP contribution in [0.25, 0.3) is 0 Å². The number of pyridine rings is 1. The maximum Gasteiger partial charge on any atom is 0.419 e. The van der Waals surface area contributed by atoms with E-state index in [4.69, 9.17) is 0 Å². The van der Waals surface area contributed by atoms with E-state index in [1.165, 1.54) is 0 Å². The number of carbonyl (C=O) groups excluding carboxylic acids is 1. The van der Waals surface area contributed by atoms with Gasteiger partial charge in [-0.3, -0.25) is 0 Å². The van der Waals surface area contributed by atoms with Crippen molar-refractivity contribution in [3.8, 4) is 0 Å². The van der Waals surface area contributed by atoms with Crippen molar-refractivity contribution in [2.24, 2.45) is 0 Å². The van der Waals surface area contributed by atoms with E-state index in [9.17, 15) is 31.1 Å². The van der Waals surface area contributed by atoms with Gasteiger partial charge in [0.2, 0.25) is 0 Å². The smallest absolute Gasteiger partial charge is 0.419 e. The zero-order valence-electron chi connectivity index (χ0n) is 8.69. The van der Waals surface area contributed by atoms with E-state index in [1.54, 1.807) is 0 Å². The fraction of sp³-hybridized carbons (Fsp3) is 0.333. The second-order valence-electron chi connectivity index (χ2n) is 3.07. The van der Waals surface area contributed by atoms with Crippen LogP contribution in [-0.4, -0.2) is 18.1 Å². The van der Waals surface area contributed by atoms with E-state index in [0.717, 1.165) is 7.11 Å². The lowest BCUT2D eigenvalue weighted by Crippen LogP contribution is -2.22. The van der Waals surface area contributed by atoms with Crippen LogP contribution in [0.1, 0.15) is 21.6 Å². The first-order valence-electron chi connectivity index (χ1n) is 4.30. The van der Waals surface area contributed by atoms with Gasteiger partial charge in [-0.15, -0.1) is 0 Å². The molecule has 18 heavy (non-hydrogen) atoms. The zero-order chi connectivity index (χ0) is 14.1. The molecular formula is C9H5F6NO2. The number of ether oxygens (including phenoxy) is 1. The summed E-state index contributed by atoms with van der Waals surface area (Å²) in [4.78, 5) is 14.0. The maximum atomic E-state index is 12.6. The second-order valence-corrected chi connectivity index (χ2v) is 3.07. The molecule has 0 spiro atoms.